The number of aryl methyl sites for hydroxylation is 1. The minimum absolute atomic E-state index is 0.150. The lowest BCUT2D eigenvalue weighted by Crippen LogP contribution is -2.20. The summed E-state index contributed by atoms with van der Waals surface area (Å²) in [5.74, 6) is 0. The Bertz CT molecular complexity index is 759. The topological polar surface area (TPSA) is 38.5 Å². The lowest BCUT2D eigenvalue weighted by Gasteiger charge is -2.08. The van der Waals surface area contributed by atoms with Crippen molar-refractivity contribution in [3.63, 3.8) is 0 Å². The van der Waals surface area contributed by atoms with Gasteiger partial charge in [0.2, 0.25) is 0 Å². The van der Waals surface area contributed by atoms with Crippen molar-refractivity contribution in [1.29, 1.82) is 0 Å². The van der Waals surface area contributed by atoms with E-state index in [1.54, 1.807) is 48.5 Å². The van der Waals surface area contributed by atoms with Gasteiger partial charge in [-0.05, 0) is 36.8 Å². The van der Waals surface area contributed by atoms with Crippen molar-refractivity contribution in [3.8, 4) is 0 Å². The Hall–Kier alpha value is -1.83. The molecule has 2 aromatic rings. The van der Waals surface area contributed by atoms with Gasteiger partial charge in [0.05, 0.1) is 11.3 Å². The highest BCUT2D eigenvalue weighted by Crippen LogP contribution is 2.21. The first-order valence-corrected chi connectivity index (χ1v) is 8.27. The fourth-order valence-corrected chi connectivity index (χ4v) is 3.44. The molecular formula is C16H14ClNO2S. The maximum absolute atomic E-state index is 12.5. The van der Waals surface area contributed by atoms with Crippen LogP contribution in [0.3, 0.4) is 0 Å². The normalized spacial score (nSPS) is 12.6. The third-order valence-electron chi connectivity index (χ3n) is 3.18. The van der Waals surface area contributed by atoms with E-state index >= 15 is 0 Å². The van der Waals surface area contributed by atoms with Crippen molar-refractivity contribution >= 4 is 21.4 Å². The predicted octanol–water partition coefficient (Wildman–Crippen LogP) is 3.91. The Kier molecular flexibility index (Phi) is 4.66. The molecule has 3 nitrogen and oxygen atoms in total. The molecule has 5 heteroatoms. The van der Waals surface area contributed by atoms with Crippen LogP contribution in [0, 0.1) is 13.5 Å². The van der Waals surface area contributed by atoms with Crippen molar-refractivity contribution in [2.75, 3.05) is 0 Å². The quantitative estimate of drug-likeness (QED) is 0.801. The Morgan fingerprint density at radius 3 is 2.19 bits per heavy atom. The standard InChI is InChI=1S/C16H14ClNO2S/c1-12-3-9-15(10-4-12)21(19,20)16(18-2)11-13-5-7-14(17)8-6-13/h3-10,16H,11H2,1H3. The molecule has 0 fully saturated rings. The number of rotatable bonds is 4. The highest BCUT2D eigenvalue weighted by atomic mass is 35.5. The van der Waals surface area contributed by atoms with Crippen molar-refractivity contribution in [2.45, 2.75) is 23.6 Å². The zero-order valence-corrected chi connectivity index (χ0v) is 13.0. The molecule has 0 N–H and O–H groups in total. The van der Waals surface area contributed by atoms with Crippen LogP contribution in [-0.2, 0) is 16.3 Å². The molecule has 2 aromatic carbocycles. The molecule has 0 aliphatic heterocycles. The molecular weight excluding hydrogens is 306 g/mol. The van der Waals surface area contributed by atoms with Crippen LogP contribution in [0.5, 0.6) is 0 Å². The molecule has 0 saturated carbocycles. The van der Waals surface area contributed by atoms with Crippen molar-refractivity contribution in [2.24, 2.45) is 0 Å². The zero-order chi connectivity index (χ0) is 15.5. The molecule has 2 rings (SSSR count). The first-order chi connectivity index (χ1) is 9.93. The minimum atomic E-state index is -3.66. The van der Waals surface area contributed by atoms with Gasteiger partial charge in [-0.25, -0.2) is 15.0 Å². The Morgan fingerprint density at radius 1 is 1.10 bits per heavy atom. The van der Waals surface area contributed by atoms with Crippen LogP contribution in [0.15, 0.2) is 53.4 Å². The summed E-state index contributed by atoms with van der Waals surface area (Å²) in [6.07, 6.45) is 0.150. The highest BCUT2D eigenvalue weighted by molar-refractivity contribution is 7.92. The SMILES string of the molecule is [C-]#[N+]C(Cc1ccc(Cl)cc1)S(=O)(=O)c1ccc(C)cc1. The van der Waals surface area contributed by atoms with Crippen LogP contribution in [-0.4, -0.2) is 13.8 Å². The van der Waals surface area contributed by atoms with Crippen LogP contribution in [0.4, 0.5) is 0 Å². The van der Waals surface area contributed by atoms with Gasteiger partial charge in [-0.1, -0.05) is 41.4 Å². The summed E-state index contributed by atoms with van der Waals surface area (Å²) in [6, 6.07) is 13.4. The maximum atomic E-state index is 12.5. The molecule has 0 amide bonds. The molecule has 0 aromatic heterocycles. The molecule has 0 aliphatic rings. The first kappa shape index (κ1) is 15.6. The van der Waals surface area contributed by atoms with E-state index in [2.05, 4.69) is 4.85 Å². The van der Waals surface area contributed by atoms with E-state index in [-0.39, 0.29) is 11.3 Å². The highest BCUT2D eigenvalue weighted by Gasteiger charge is 2.32. The summed E-state index contributed by atoms with van der Waals surface area (Å²) in [5, 5.41) is -0.541. The monoisotopic (exact) mass is 319 g/mol. The van der Waals surface area contributed by atoms with E-state index in [4.69, 9.17) is 18.2 Å². The average Bonchev–Trinajstić information content (AvgIpc) is 2.47. The fourth-order valence-electron chi connectivity index (χ4n) is 1.93. The Morgan fingerprint density at radius 2 is 1.67 bits per heavy atom. The Labute approximate surface area is 129 Å². The predicted molar refractivity (Wildman–Crippen MR) is 83.9 cm³/mol. The van der Waals surface area contributed by atoms with Crippen LogP contribution >= 0.6 is 11.6 Å². The molecule has 0 aliphatic carbocycles. The summed E-state index contributed by atoms with van der Waals surface area (Å²) in [7, 11) is -3.66. The maximum Gasteiger partial charge on any atom is 0.329 e. The lowest BCUT2D eigenvalue weighted by molar-refractivity contribution is 0.587. The molecule has 0 bridgehead atoms. The van der Waals surface area contributed by atoms with E-state index in [1.807, 2.05) is 6.92 Å². The van der Waals surface area contributed by atoms with Crippen LogP contribution in [0.25, 0.3) is 4.85 Å². The van der Waals surface area contributed by atoms with E-state index in [0.29, 0.717) is 5.02 Å². The molecule has 0 heterocycles. The zero-order valence-electron chi connectivity index (χ0n) is 11.5. The number of hydrogen-bond acceptors (Lipinski definition) is 2. The van der Waals surface area contributed by atoms with Gasteiger partial charge in [0.15, 0.2) is 0 Å². The van der Waals surface area contributed by atoms with Gasteiger partial charge in [0.1, 0.15) is 0 Å². The number of halogens is 1. The second-order valence-electron chi connectivity index (χ2n) is 4.77. The van der Waals surface area contributed by atoms with Crippen LogP contribution < -0.4 is 0 Å². The number of hydrogen-bond donors (Lipinski definition) is 0. The summed E-state index contributed by atoms with van der Waals surface area (Å²) in [6.45, 7) is 9.10. The largest absolute Gasteiger partial charge is 0.329 e. The third kappa shape index (κ3) is 3.63. The van der Waals surface area contributed by atoms with E-state index < -0.39 is 15.2 Å². The van der Waals surface area contributed by atoms with E-state index in [9.17, 15) is 8.42 Å². The smallest absolute Gasteiger partial charge is 0.296 e. The van der Waals surface area contributed by atoms with E-state index in [1.165, 1.54) is 0 Å². The molecule has 0 spiro atoms. The summed E-state index contributed by atoms with van der Waals surface area (Å²) >= 11 is 5.80. The van der Waals surface area contributed by atoms with Gasteiger partial charge < -0.3 is 0 Å². The molecule has 0 radical (unpaired) electrons. The molecule has 108 valence electrons. The second-order valence-corrected chi connectivity index (χ2v) is 7.31. The summed E-state index contributed by atoms with van der Waals surface area (Å²) < 4.78 is 25.0. The van der Waals surface area contributed by atoms with E-state index in [0.717, 1.165) is 11.1 Å². The fraction of sp³-hybridized carbons (Fsp3) is 0.188. The molecule has 21 heavy (non-hydrogen) atoms. The lowest BCUT2D eigenvalue weighted by atomic mass is 10.1. The van der Waals surface area contributed by atoms with Gasteiger partial charge >= 0.3 is 5.37 Å². The van der Waals surface area contributed by atoms with Gasteiger partial charge in [-0.3, -0.25) is 4.85 Å². The average molecular weight is 320 g/mol. The summed E-state index contributed by atoms with van der Waals surface area (Å²) in [4.78, 5) is 3.49. The number of benzene rings is 2. The molecule has 0 saturated heterocycles. The van der Waals surface area contributed by atoms with Crippen LogP contribution in [0.2, 0.25) is 5.02 Å². The van der Waals surface area contributed by atoms with Crippen LogP contribution in [0.1, 0.15) is 11.1 Å². The van der Waals surface area contributed by atoms with Crippen molar-refractivity contribution in [3.05, 3.63) is 76.1 Å². The molecule has 1 unspecified atom stereocenters. The Balaban J connectivity index is 2.30. The minimum Gasteiger partial charge on any atom is -0.296 e. The second kappa shape index (κ2) is 6.30. The molecule has 1 atom stereocenters. The first-order valence-electron chi connectivity index (χ1n) is 6.35. The van der Waals surface area contributed by atoms with Crippen molar-refractivity contribution in [1.82, 2.24) is 0 Å². The van der Waals surface area contributed by atoms with Gasteiger partial charge in [-0.15, -0.1) is 0 Å². The number of sulfone groups is 1. The number of nitrogens with zero attached hydrogens (tertiary/aromatic N) is 1. The third-order valence-corrected chi connectivity index (χ3v) is 5.34. The van der Waals surface area contributed by atoms with Gasteiger partial charge in [-0.2, -0.15) is 0 Å². The van der Waals surface area contributed by atoms with Gasteiger partial charge in [0.25, 0.3) is 9.84 Å². The van der Waals surface area contributed by atoms with Crippen molar-refractivity contribution < 1.29 is 8.42 Å². The summed E-state index contributed by atoms with van der Waals surface area (Å²) in [5.41, 5.74) is 1.75. The van der Waals surface area contributed by atoms with Gasteiger partial charge in [0, 0.05) is 5.02 Å².